The molecule has 2 amide bonds. The van der Waals surface area contributed by atoms with E-state index in [0.29, 0.717) is 32.6 Å². The number of piperidine rings is 1. The minimum absolute atomic E-state index is 0.0766. The molecule has 1 aromatic heterocycles. The lowest BCUT2D eigenvalue weighted by Crippen LogP contribution is -2.39. The van der Waals surface area contributed by atoms with E-state index in [2.05, 4.69) is 5.32 Å². The lowest BCUT2D eigenvalue weighted by Gasteiger charge is -2.33. The number of likely N-dealkylation sites (tertiary alicyclic amines) is 1. The molecule has 0 aliphatic carbocycles. The van der Waals surface area contributed by atoms with Crippen LogP contribution in [0.1, 0.15) is 48.3 Å². The van der Waals surface area contributed by atoms with Gasteiger partial charge in [0.2, 0.25) is 11.8 Å². The van der Waals surface area contributed by atoms with E-state index in [0.717, 1.165) is 53.5 Å². The fourth-order valence-corrected chi connectivity index (χ4v) is 4.55. The van der Waals surface area contributed by atoms with Crippen LogP contribution >= 0.6 is 0 Å². The highest BCUT2D eigenvalue weighted by molar-refractivity contribution is 5.79. The van der Waals surface area contributed by atoms with Gasteiger partial charge in [-0.2, -0.15) is 0 Å². The Morgan fingerprint density at radius 3 is 2.62 bits per heavy atom. The third-order valence-electron chi connectivity index (χ3n) is 6.46. The molecule has 1 fully saturated rings. The molecular weight excluding hydrogens is 406 g/mol. The van der Waals surface area contributed by atoms with Crippen molar-refractivity contribution in [1.82, 2.24) is 19.8 Å². The summed E-state index contributed by atoms with van der Waals surface area (Å²) in [5.74, 6) is 2.89. The standard InChI is InChI=1S/C24H31N5O3/c1-16(30)29-12-9-21-20(15-29)24(25-2)27-23(26-21)18-7-10-28(11-8-18)22(31)14-17-5-4-6-19(13-17)32-3/h4-6,13,18H,7-12,14-15H2,1-3H3,(H,25,26,27). The van der Waals surface area contributed by atoms with Crippen molar-refractivity contribution in [3.05, 3.63) is 46.9 Å². The number of hydrogen-bond donors (Lipinski definition) is 1. The van der Waals surface area contributed by atoms with Gasteiger partial charge in [-0.15, -0.1) is 0 Å². The Labute approximate surface area is 189 Å². The molecule has 0 unspecified atom stereocenters. The molecule has 1 saturated heterocycles. The van der Waals surface area contributed by atoms with Crippen molar-refractivity contribution >= 4 is 17.6 Å². The van der Waals surface area contributed by atoms with E-state index in [9.17, 15) is 9.59 Å². The van der Waals surface area contributed by atoms with Crippen LogP contribution in [0.25, 0.3) is 0 Å². The van der Waals surface area contributed by atoms with E-state index < -0.39 is 0 Å². The number of fused-ring (bicyclic) bond motifs is 1. The zero-order valence-corrected chi connectivity index (χ0v) is 19.1. The fraction of sp³-hybridized carbons (Fsp3) is 0.500. The number of hydrogen-bond acceptors (Lipinski definition) is 6. The van der Waals surface area contributed by atoms with E-state index in [-0.39, 0.29) is 17.7 Å². The first-order chi connectivity index (χ1) is 15.5. The highest BCUT2D eigenvalue weighted by Gasteiger charge is 2.29. The molecule has 3 heterocycles. The summed E-state index contributed by atoms with van der Waals surface area (Å²) >= 11 is 0. The molecule has 0 saturated carbocycles. The van der Waals surface area contributed by atoms with Crippen LogP contribution in [0.2, 0.25) is 0 Å². The molecule has 2 aliphatic rings. The van der Waals surface area contributed by atoms with Gasteiger partial charge in [0, 0.05) is 51.5 Å². The SMILES string of the molecule is CNc1nc(C2CCN(C(=O)Cc3cccc(OC)c3)CC2)nc2c1CN(C(C)=O)CC2. The third-order valence-corrected chi connectivity index (χ3v) is 6.46. The highest BCUT2D eigenvalue weighted by atomic mass is 16.5. The summed E-state index contributed by atoms with van der Waals surface area (Å²) in [6.45, 7) is 4.27. The second kappa shape index (κ2) is 9.54. The van der Waals surface area contributed by atoms with Crippen LogP contribution < -0.4 is 10.1 Å². The summed E-state index contributed by atoms with van der Waals surface area (Å²) < 4.78 is 5.26. The number of benzene rings is 1. The van der Waals surface area contributed by atoms with Gasteiger partial charge in [0.05, 0.1) is 25.8 Å². The molecule has 4 rings (SSSR count). The molecule has 0 spiro atoms. The maximum Gasteiger partial charge on any atom is 0.226 e. The van der Waals surface area contributed by atoms with E-state index in [1.165, 1.54) is 0 Å². The lowest BCUT2D eigenvalue weighted by molar-refractivity contribution is -0.131. The molecule has 8 heteroatoms. The van der Waals surface area contributed by atoms with Gasteiger partial charge in [-0.3, -0.25) is 9.59 Å². The number of amides is 2. The Bertz CT molecular complexity index is 984. The number of methoxy groups -OCH3 is 1. The summed E-state index contributed by atoms with van der Waals surface area (Å²) in [4.78, 5) is 38.0. The van der Waals surface area contributed by atoms with Gasteiger partial charge in [0.25, 0.3) is 0 Å². The molecule has 0 radical (unpaired) electrons. The maximum absolute atomic E-state index is 12.8. The van der Waals surface area contributed by atoms with Gasteiger partial charge in [0.1, 0.15) is 17.4 Å². The van der Waals surface area contributed by atoms with Crippen molar-refractivity contribution in [1.29, 1.82) is 0 Å². The first kappa shape index (κ1) is 22.0. The Hall–Kier alpha value is -3.16. The van der Waals surface area contributed by atoms with Gasteiger partial charge < -0.3 is 19.9 Å². The van der Waals surface area contributed by atoms with Crippen molar-refractivity contribution in [2.45, 2.75) is 45.1 Å². The number of nitrogens with zero attached hydrogens (tertiary/aromatic N) is 4. The molecule has 2 aliphatic heterocycles. The van der Waals surface area contributed by atoms with Crippen molar-refractivity contribution in [3.8, 4) is 5.75 Å². The van der Waals surface area contributed by atoms with Crippen molar-refractivity contribution in [3.63, 3.8) is 0 Å². The lowest BCUT2D eigenvalue weighted by atomic mass is 9.94. The van der Waals surface area contributed by atoms with Crippen molar-refractivity contribution in [2.75, 3.05) is 39.1 Å². The summed E-state index contributed by atoms with van der Waals surface area (Å²) in [5.41, 5.74) is 3.02. The van der Waals surface area contributed by atoms with Gasteiger partial charge in [0.15, 0.2) is 0 Å². The number of rotatable bonds is 5. The average Bonchev–Trinajstić information content (AvgIpc) is 2.83. The molecule has 2 aromatic rings. The molecule has 1 aromatic carbocycles. The first-order valence-electron chi connectivity index (χ1n) is 11.2. The Morgan fingerprint density at radius 2 is 1.94 bits per heavy atom. The smallest absolute Gasteiger partial charge is 0.226 e. The predicted octanol–water partition coefficient (Wildman–Crippen LogP) is 2.38. The quantitative estimate of drug-likeness (QED) is 0.773. The average molecular weight is 438 g/mol. The summed E-state index contributed by atoms with van der Waals surface area (Å²) in [6.07, 6.45) is 2.83. The zero-order valence-electron chi connectivity index (χ0n) is 19.1. The van der Waals surface area contributed by atoms with Crippen molar-refractivity contribution in [2.24, 2.45) is 0 Å². The van der Waals surface area contributed by atoms with Crippen LogP contribution in [-0.4, -0.2) is 65.4 Å². The predicted molar refractivity (Wildman–Crippen MR) is 122 cm³/mol. The van der Waals surface area contributed by atoms with Crippen molar-refractivity contribution < 1.29 is 14.3 Å². The van der Waals surface area contributed by atoms with Crippen LogP contribution in [0.3, 0.4) is 0 Å². The van der Waals surface area contributed by atoms with Crippen LogP contribution in [0.5, 0.6) is 5.75 Å². The number of carbonyl (C=O) groups is 2. The Morgan fingerprint density at radius 1 is 1.16 bits per heavy atom. The number of anilines is 1. The topological polar surface area (TPSA) is 87.7 Å². The number of aromatic nitrogens is 2. The van der Waals surface area contributed by atoms with Crippen LogP contribution in [0.4, 0.5) is 5.82 Å². The molecule has 32 heavy (non-hydrogen) atoms. The molecule has 8 nitrogen and oxygen atoms in total. The second-order valence-electron chi connectivity index (χ2n) is 8.48. The summed E-state index contributed by atoms with van der Waals surface area (Å²) in [7, 11) is 3.49. The summed E-state index contributed by atoms with van der Waals surface area (Å²) in [5, 5.41) is 3.19. The van der Waals surface area contributed by atoms with Gasteiger partial charge in [-0.05, 0) is 30.5 Å². The largest absolute Gasteiger partial charge is 0.497 e. The van der Waals surface area contributed by atoms with Crippen LogP contribution in [0.15, 0.2) is 24.3 Å². The molecule has 0 bridgehead atoms. The third kappa shape index (κ3) is 4.69. The number of nitrogens with one attached hydrogen (secondary N) is 1. The first-order valence-corrected chi connectivity index (χ1v) is 11.2. The van der Waals surface area contributed by atoms with Crippen LogP contribution in [0, 0.1) is 0 Å². The zero-order chi connectivity index (χ0) is 22.7. The minimum Gasteiger partial charge on any atom is -0.497 e. The normalized spacial score (nSPS) is 16.5. The molecular formula is C24H31N5O3. The molecule has 0 atom stereocenters. The van der Waals surface area contributed by atoms with Gasteiger partial charge in [-0.25, -0.2) is 9.97 Å². The monoisotopic (exact) mass is 437 g/mol. The fourth-order valence-electron chi connectivity index (χ4n) is 4.55. The van der Waals surface area contributed by atoms with Crippen LogP contribution in [-0.2, 0) is 29.0 Å². The van der Waals surface area contributed by atoms with E-state index in [1.54, 1.807) is 14.0 Å². The molecule has 1 N–H and O–H groups in total. The van der Waals surface area contributed by atoms with E-state index >= 15 is 0 Å². The maximum atomic E-state index is 12.8. The number of ether oxygens (including phenoxy) is 1. The Kier molecular flexibility index (Phi) is 6.58. The van der Waals surface area contributed by atoms with E-state index in [4.69, 9.17) is 14.7 Å². The highest BCUT2D eigenvalue weighted by Crippen LogP contribution is 2.30. The van der Waals surface area contributed by atoms with E-state index in [1.807, 2.05) is 41.1 Å². The Balaban J connectivity index is 1.41. The minimum atomic E-state index is 0.0766. The van der Waals surface area contributed by atoms with Gasteiger partial charge >= 0.3 is 0 Å². The molecule has 170 valence electrons. The number of carbonyl (C=O) groups excluding carboxylic acids is 2. The summed E-state index contributed by atoms with van der Waals surface area (Å²) in [6, 6.07) is 7.67. The second-order valence-corrected chi connectivity index (χ2v) is 8.48. The van der Waals surface area contributed by atoms with Gasteiger partial charge in [-0.1, -0.05) is 12.1 Å².